The number of carbonyl (C=O) groups excluding carboxylic acids is 1. The molecule has 0 heterocycles. The van der Waals surface area contributed by atoms with Crippen molar-refractivity contribution < 1.29 is 44.0 Å². The van der Waals surface area contributed by atoms with Crippen LogP contribution >= 0.6 is 8.60 Å². The lowest BCUT2D eigenvalue weighted by Gasteiger charge is -2.16. The summed E-state index contributed by atoms with van der Waals surface area (Å²) in [5.74, 6) is -3.42. The topological polar surface area (TPSA) is 186 Å². The third-order valence-corrected chi connectivity index (χ3v) is 3.48. The molecule has 0 fully saturated rings. The maximum absolute atomic E-state index is 11.5. The van der Waals surface area contributed by atoms with Crippen molar-refractivity contribution in [1.29, 1.82) is 0 Å². The van der Waals surface area contributed by atoms with Crippen LogP contribution in [0, 0.1) is 0 Å². The van der Waals surface area contributed by atoms with E-state index in [9.17, 15) is 24.6 Å². The van der Waals surface area contributed by atoms with E-state index >= 15 is 0 Å². The molecule has 0 saturated heterocycles. The van der Waals surface area contributed by atoms with Crippen molar-refractivity contribution in [2.24, 2.45) is 0 Å². The molecule has 11 nitrogen and oxygen atoms in total. The Morgan fingerprint density at radius 2 is 1.85 bits per heavy atom. The van der Waals surface area contributed by atoms with Gasteiger partial charge in [-0.05, 0) is 24.1 Å². The Morgan fingerprint density at radius 1 is 1.15 bits per heavy atom. The van der Waals surface area contributed by atoms with Gasteiger partial charge in [-0.1, -0.05) is 6.07 Å². The van der Waals surface area contributed by atoms with Crippen LogP contribution < -0.4 is 15.4 Å². The average Bonchev–Trinajstić information content (AvgIpc) is 2.52. The zero-order valence-corrected chi connectivity index (χ0v) is 14.3. The Bertz CT molecular complexity index is 653. The van der Waals surface area contributed by atoms with Crippen molar-refractivity contribution in [2.45, 2.75) is 31.7 Å². The molecule has 0 aliphatic heterocycles. The highest BCUT2D eigenvalue weighted by atomic mass is 31.2. The number of carboxylic acids is 2. The largest absolute Gasteiger partial charge is 0.504 e. The highest BCUT2D eigenvalue weighted by Gasteiger charge is 2.19. The molecule has 12 heteroatoms. The zero-order valence-electron chi connectivity index (χ0n) is 13.5. The fraction of sp³-hybridized carbons (Fsp3) is 0.357. The molecule has 1 rings (SSSR count). The van der Waals surface area contributed by atoms with Crippen LogP contribution in [-0.4, -0.2) is 49.0 Å². The van der Waals surface area contributed by atoms with E-state index < -0.39 is 38.2 Å². The lowest BCUT2D eigenvalue weighted by atomic mass is 10.1. The smallest absolute Gasteiger partial charge is 0.391 e. The molecule has 0 bridgehead atoms. The van der Waals surface area contributed by atoms with Crippen LogP contribution in [0.25, 0.3) is 0 Å². The summed E-state index contributed by atoms with van der Waals surface area (Å²) in [6.45, 7) is 0. The minimum atomic E-state index is -2.70. The minimum Gasteiger partial charge on any atom is -0.504 e. The molecule has 1 amide bonds. The SMILES string of the molecule is O=C(O)CCCC(=O)NNC(Cc1ccc(OP(O)O)c(O)c1)C(=O)O. The number of hydrazine groups is 1. The van der Waals surface area contributed by atoms with Crippen molar-refractivity contribution in [2.75, 3.05) is 0 Å². The summed E-state index contributed by atoms with van der Waals surface area (Å²) in [4.78, 5) is 50.7. The number of hydrogen-bond donors (Lipinski definition) is 7. The molecule has 0 radical (unpaired) electrons. The third kappa shape index (κ3) is 8.08. The molecular weight excluding hydrogens is 371 g/mol. The quantitative estimate of drug-likeness (QED) is 0.198. The van der Waals surface area contributed by atoms with Crippen LogP contribution in [0.2, 0.25) is 0 Å². The summed E-state index contributed by atoms with van der Waals surface area (Å²) < 4.78 is 4.58. The number of nitrogens with one attached hydrogen (secondary N) is 2. The van der Waals surface area contributed by atoms with E-state index in [4.69, 9.17) is 14.9 Å². The zero-order chi connectivity index (χ0) is 19.7. The number of carbonyl (C=O) groups is 3. The number of carboxylic acid groups (broad SMARTS) is 2. The van der Waals surface area contributed by atoms with Crippen molar-refractivity contribution in [3.05, 3.63) is 23.8 Å². The van der Waals surface area contributed by atoms with Crippen molar-refractivity contribution >= 4 is 26.4 Å². The molecule has 1 unspecified atom stereocenters. The first-order chi connectivity index (χ1) is 12.2. The predicted octanol–water partition coefficient (Wildman–Crippen LogP) is -0.146. The molecule has 0 aromatic heterocycles. The molecule has 1 atom stereocenters. The summed E-state index contributed by atoms with van der Waals surface area (Å²) in [7, 11) is -2.70. The summed E-state index contributed by atoms with van der Waals surface area (Å²) in [6.07, 6.45) is -0.239. The van der Waals surface area contributed by atoms with Gasteiger partial charge in [0.15, 0.2) is 11.5 Å². The third-order valence-electron chi connectivity index (χ3n) is 3.12. The Labute approximate surface area is 149 Å². The Hall–Kier alpha value is -2.46. The number of phenols is 1. The molecule has 0 aliphatic carbocycles. The summed E-state index contributed by atoms with van der Waals surface area (Å²) in [6, 6.07) is 2.65. The maximum atomic E-state index is 11.5. The van der Waals surface area contributed by atoms with Gasteiger partial charge in [0.05, 0.1) is 0 Å². The van der Waals surface area contributed by atoms with E-state index in [1.54, 1.807) is 0 Å². The van der Waals surface area contributed by atoms with Gasteiger partial charge >= 0.3 is 20.5 Å². The van der Waals surface area contributed by atoms with Crippen molar-refractivity contribution in [3.63, 3.8) is 0 Å². The van der Waals surface area contributed by atoms with Crippen molar-refractivity contribution in [3.8, 4) is 11.5 Å². The number of hydrogen-bond acceptors (Lipinski definition) is 8. The molecule has 0 spiro atoms. The number of benzene rings is 1. The fourth-order valence-electron chi connectivity index (χ4n) is 1.92. The molecule has 7 N–H and O–H groups in total. The Balaban J connectivity index is 2.60. The number of amides is 1. The van der Waals surface area contributed by atoms with Gasteiger partial charge in [0, 0.05) is 19.3 Å². The van der Waals surface area contributed by atoms with E-state index in [1.165, 1.54) is 18.2 Å². The monoisotopic (exact) mass is 390 g/mol. The van der Waals surface area contributed by atoms with Gasteiger partial charge in [-0.3, -0.25) is 19.8 Å². The lowest BCUT2D eigenvalue weighted by Crippen LogP contribution is -2.49. The predicted molar refractivity (Wildman–Crippen MR) is 88.0 cm³/mol. The van der Waals surface area contributed by atoms with Crippen LogP contribution in [0.15, 0.2) is 18.2 Å². The second-order valence-electron chi connectivity index (χ2n) is 5.18. The number of aliphatic carboxylic acids is 2. The number of aromatic hydroxyl groups is 1. The second-order valence-corrected chi connectivity index (χ2v) is 5.87. The number of phenolic OH excluding ortho intramolecular Hbond substituents is 1. The van der Waals surface area contributed by atoms with Gasteiger partial charge in [0.2, 0.25) is 5.91 Å². The van der Waals surface area contributed by atoms with E-state index in [2.05, 4.69) is 15.4 Å². The first-order valence-electron chi connectivity index (χ1n) is 7.35. The Morgan fingerprint density at radius 3 is 2.38 bits per heavy atom. The van der Waals surface area contributed by atoms with Gasteiger partial charge in [0.25, 0.3) is 0 Å². The molecule has 0 aliphatic rings. The summed E-state index contributed by atoms with van der Waals surface area (Å²) in [5, 5.41) is 27.4. The number of rotatable bonds is 11. The molecule has 0 saturated carbocycles. The van der Waals surface area contributed by atoms with E-state index in [0.717, 1.165) is 0 Å². The van der Waals surface area contributed by atoms with Gasteiger partial charge in [-0.15, -0.1) is 0 Å². The van der Waals surface area contributed by atoms with Crippen LogP contribution in [0.4, 0.5) is 0 Å². The summed E-state index contributed by atoms with van der Waals surface area (Å²) >= 11 is 0. The average molecular weight is 390 g/mol. The molecule has 1 aromatic rings. The van der Waals surface area contributed by atoms with Gasteiger partial charge in [-0.25, -0.2) is 5.43 Å². The molecular formula is C14H19N2O9P. The highest BCUT2D eigenvalue weighted by molar-refractivity contribution is 7.39. The molecule has 144 valence electrons. The lowest BCUT2D eigenvalue weighted by molar-refractivity contribution is -0.140. The van der Waals surface area contributed by atoms with Gasteiger partial charge < -0.3 is 29.6 Å². The highest BCUT2D eigenvalue weighted by Crippen LogP contribution is 2.36. The van der Waals surface area contributed by atoms with Crippen molar-refractivity contribution in [1.82, 2.24) is 10.9 Å². The fourth-order valence-corrected chi connectivity index (χ4v) is 2.25. The van der Waals surface area contributed by atoms with E-state index in [1.807, 2.05) is 0 Å². The maximum Gasteiger partial charge on any atom is 0.391 e. The van der Waals surface area contributed by atoms with Crippen LogP contribution in [0.1, 0.15) is 24.8 Å². The van der Waals surface area contributed by atoms with E-state index in [-0.39, 0.29) is 31.4 Å². The second kappa shape index (κ2) is 10.5. The van der Waals surface area contributed by atoms with Crippen LogP contribution in [-0.2, 0) is 20.8 Å². The van der Waals surface area contributed by atoms with Gasteiger partial charge in [-0.2, -0.15) is 0 Å². The normalized spacial score (nSPS) is 11.8. The summed E-state index contributed by atoms with van der Waals surface area (Å²) in [5.41, 5.74) is 4.92. The van der Waals surface area contributed by atoms with E-state index in [0.29, 0.717) is 5.56 Å². The standard InChI is InChI=1S/C14H19N2O9P/c17-10-7-8(4-5-11(10)25-26(23)24)6-9(14(21)22)15-16-12(18)2-1-3-13(19)20/h4-5,7,9,15,17,23-24H,1-3,6H2,(H,16,18)(H,19,20)(H,21,22). The minimum absolute atomic E-state index is 0.0796. The van der Waals surface area contributed by atoms with Crippen LogP contribution in [0.3, 0.4) is 0 Å². The first-order valence-corrected chi connectivity index (χ1v) is 8.52. The first kappa shape index (κ1) is 21.6. The van der Waals surface area contributed by atoms with Gasteiger partial charge in [0.1, 0.15) is 6.04 Å². The molecule has 1 aromatic carbocycles. The Kier molecular flexibility index (Phi) is 8.73. The molecule has 26 heavy (non-hydrogen) atoms. The van der Waals surface area contributed by atoms with Crippen LogP contribution in [0.5, 0.6) is 11.5 Å².